The number of fused-ring (bicyclic) bond motifs is 1. The summed E-state index contributed by atoms with van der Waals surface area (Å²) in [5.41, 5.74) is 1.04. The highest BCUT2D eigenvalue weighted by atomic mass is 32.1. The number of thiazole rings is 1. The zero-order chi connectivity index (χ0) is 15.8. The average molecular weight is 348 g/mol. The van der Waals surface area contributed by atoms with Crippen LogP contribution in [0.1, 0.15) is 34.8 Å². The molecule has 0 radical (unpaired) electrons. The van der Waals surface area contributed by atoms with Gasteiger partial charge in [-0.3, -0.25) is 9.69 Å². The lowest BCUT2D eigenvalue weighted by Gasteiger charge is -2.39. The molecule has 2 fully saturated rings. The lowest BCUT2D eigenvalue weighted by molar-refractivity contribution is -0.138. The molecule has 0 aromatic carbocycles. The van der Waals surface area contributed by atoms with E-state index in [0.29, 0.717) is 31.0 Å². The molecule has 1 amide bonds. The average Bonchev–Trinajstić information content (AvgIpc) is 3.25. The molecule has 0 saturated carbocycles. The van der Waals surface area contributed by atoms with E-state index in [-0.39, 0.29) is 0 Å². The number of hydrogen-bond donors (Lipinski definition) is 0. The van der Waals surface area contributed by atoms with Gasteiger partial charge in [0.25, 0.3) is 0 Å². The molecule has 2 atom stereocenters. The van der Waals surface area contributed by atoms with Crippen LogP contribution in [0.25, 0.3) is 0 Å². The second kappa shape index (κ2) is 6.34. The molecule has 2 saturated heterocycles. The van der Waals surface area contributed by atoms with E-state index in [0.717, 1.165) is 36.6 Å². The molecule has 2 aliphatic heterocycles. The summed E-state index contributed by atoms with van der Waals surface area (Å²) < 4.78 is 0. The Morgan fingerprint density at radius 1 is 1.26 bits per heavy atom. The van der Waals surface area contributed by atoms with Gasteiger partial charge in [0.1, 0.15) is 0 Å². The molecule has 2 aromatic heterocycles. The van der Waals surface area contributed by atoms with Crippen LogP contribution in [0.5, 0.6) is 0 Å². The van der Waals surface area contributed by atoms with Gasteiger partial charge in [0.2, 0.25) is 5.91 Å². The zero-order valence-electron chi connectivity index (χ0n) is 13.3. The summed E-state index contributed by atoms with van der Waals surface area (Å²) in [6, 6.07) is 5.20. The molecule has 0 N–H and O–H groups in total. The molecule has 4 heterocycles. The van der Waals surface area contributed by atoms with E-state index in [1.165, 1.54) is 4.88 Å². The number of thiophene rings is 1. The number of nitrogens with zero attached hydrogens (tertiary/aromatic N) is 3. The maximum Gasteiger partial charge on any atom is 0.223 e. The summed E-state index contributed by atoms with van der Waals surface area (Å²) in [6.45, 7) is 4.81. The third kappa shape index (κ3) is 3.07. The van der Waals surface area contributed by atoms with Gasteiger partial charge in [-0.25, -0.2) is 4.98 Å². The van der Waals surface area contributed by atoms with Crippen molar-refractivity contribution in [3.8, 4) is 0 Å². The van der Waals surface area contributed by atoms with Gasteiger partial charge in [-0.2, -0.15) is 0 Å². The van der Waals surface area contributed by atoms with E-state index in [1.54, 1.807) is 11.3 Å². The Labute approximate surface area is 144 Å². The highest BCUT2D eigenvalue weighted by Crippen LogP contribution is 2.34. The van der Waals surface area contributed by atoms with Gasteiger partial charge >= 0.3 is 0 Å². The first-order valence-corrected chi connectivity index (χ1v) is 9.93. The van der Waals surface area contributed by atoms with E-state index >= 15 is 0 Å². The van der Waals surface area contributed by atoms with Crippen LogP contribution < -0.4 is 0 Å². The molecule has 0 unspecified atom stereocenters. The normalized spacial score (nSPS) is 25.1. The van der Waals surface area contributed by atoms with Crippen LogP contribution in [0, 0.1) is 6.92 Å². The number of carbonyl (C=O) groups is 1. The third-order valence-electron chi connectivity index (χ3n) is 4.94. The maximum atomic E-state index is 12.5. The Morgan fingerprint density at radius 2 is 2.17 bits per heavy atom. The first-order valence-electron chi connectivity index (χ1n) is 8.17. The van der Waals surface area contributed by atoms with Crippen molar-refractivity contribution in [1.29, 1.82) is 0 Å². The highest BCUT2D eigenvalue weighted by Gasteiger charge is 2.43. The van der Waals surface area contributed by atoms with E-state index in [4.69, 9.17) is 0 Å². The van der Waals surface area contributed by atoms with Gasteiger partial charge in [-0.15, -0.1) is 22.7 Å². The molecule has 0 aliphatic carbocycles. The molecule has 0 spiro atoms. The quantitative estimate of drug-likeness (QED) is 0.852. The van der Waals surface area contributed by atoms with Crippen molar-refractivity contribution in [2.24, 2.45) is 0 Å². The summed E-state index contributed by atoms with van der Waals surface area (Å²) in [5.74, 6) is 0.301. The Hall–Kier alpha value is -1.24. The van der Waals surface area contributed by atoms with Gasteiger partial charge in [-0.1, -0.05) is 6.07 Å². The Balaban J connectivity index is 1.49. The number of aryl methyl sites for hydroxylation is 1. The predicted octanol–water partition coefficient (Wildman–Crippen LogP) is 3.28. The Morgan fingerprint density at radius 3 is 2.91 bits per heavy atom. The minimum atomic E-state index is 0.301. The van der Waals surface area contributed by atoms with E-state index in [1.807, 2.05) is 18.3 Å². The fourth-order valence-electron chi connectivity index (χ4n) is 3.90. The van der Waals surface area contributed by atoms with Crippen molar-refractivity contribution in [3.63, 3.8) is 0 Å². The summed E-state index contributed by atoms with van der Waals surface area (Å²) in [4.78, 5) is 23.1. The molecule has 0 bridgehead atoms. The van der Waals surface area contributed by atoms with Crippen molar-refractivity contribution in [2.45, 2.75) is 51.4 Å². The number of carbonyl (C=O) groups excluding carboxylic acids is 1. The van der Waals surface area contributed by atoms with Gasteiger partial charge < -0.3 is 4.90 Å². The Kier molecular flexibility index (Phi) is 4.22. The molecule has 23 heavy (non-hydrogen) atoms. The summed E-state index contributed by atoms with van der Waals surface area (Å²) in [7, 11) is 0. The maximum absolute atomic E-state index is 12.5. The Bertz CT molecular complexity index is 682. The van der Waals surface area contributed by atoms with Gasteiger partial charge in [-0.05, 0) is 31.2 Å². The van der Waals surface area contributed by atoms with Crippen LogP contribution in [-0.4, -0.2) is 39.3 Å². The van der Waals surface area contributed by atoms with Crippen LogP contribution in [0.4, 0.5) is 0 Å². The van der Waals surface area contributed by atoms with Crippen LogP contribution in [0.15, 0.2) is 22.9 Å². The first-order chi connectivity index (χ1) is 11.2. The van der Waals surface area contributed by atoms with E-state index in [2.05, 4.69) is 37.7 Å². The largest absolute Gasteiger partial charge is 0.332 e. The monoisotopic (exact) mass is 347 g/mol. The SMILES string of the molecule is Cc1nc(CN2C(=O)CC[C@@H]3[C@H]2CCN3Cc2cccs2)cs1. The molecule has 4 nitrogen and oxygen atoms in total. The molecule has 122 valence electrons. The lowest BCUT2D eigenvalue weighted by Crippen LogP contribution is -2.51. The van der Waals surface area contributed by atoms with Crippen LogP contribution >= 0.6 is 22.7 Å². The fraction of sp³-hybridized carbons (Fsp3) is 0.529. The van der Waals surface area contributed by atoms with E-state index < -0.39 is 0 Å². The van der Waals surface area contributed by atoms with Crippen molar-refractivity contribution >= 4 is 28.6 Å². The van der Waals surface area contributed by atoms with Crippen LogP contribution in [-0.2, 0) is 17.9 Å². The summed E-state index contributed by atoms with van der Waals surface area (Å²) >= 11 is 3.49. The van der Waals surface area contributed by atoms with Crippen LogP contribution in [0.3, 0.4) is 0 Å². The smallest absolute Gasteiger partial charge is 0.223 e. The molecule has 4 rings (SSSR count). The van der Waals surface area contributed by atoms with Crippen molar-refractivity contribution in [2.75, 3.05) is 6.54 Å². The zero-order valence-corrected chi connectivity index (χ0v) is 14.9. The third-order valence-corrected chi connectivity index (χ3v) is 6.62. The minimum absolute atomic E-state index is 0.301. The van der Waals surface area contributed by atoms with Gasteiger partial charge in [0.05, 0.1) is 17.2 Å². The second-order valence-corrected chi connectivity index (χ2v) is 8.49. The minimum Gasteiger partial charge on any atom is -0.332 e. The number of likely N-dealkylation sites (tertiary alicyclic amines) is 2. The van der Waals surface area contributed by atoms with Gasteiger partial charge in [0.15, 0.2) is 0 Å². The van der Waals surface area contributed by atoms with Crippen molar-refractivity contribution < 1.29 is 4.79 Å². The molecule has 2 aliphatic rings. The topological polar surface area (TPSA) is 36.4 Å². The first kappa shape index (κ1) is 15.3. The fourth-order valence-corrected chi connectivity index (χ4v) is 5.23. The summed E-state index contributed by atoms with van der Waals surface area (Å²) in [5, 5.41) is 5.31. The number of rotatable bonds is 4. The number of amides is 1. The highest BCUT2D eigenvalue weighted by molar-refractivity contribution is 7.10. The standard InChI is InChI=1S/C17H21N3OS2/c1-12-18-13(11-23-12)9-20-16-6-7-19(10-14-3-2-8-22-14)15(16)4-5-17(20)21/h2-3,8,11,15-16H,4-7,9-10H2,1H3/t15-,16-/m1/s1. The van der Waals surface area contributed by atoms with Crippen molar-refractivity contribution in [1.82, 2.24) is 14.8 Å². The molecular formula is C17H21N3OS2. The van der Waals surface area contributed by atoms with E-state index in [9.17, 15) is 4.79 Å². The summed E-state index contributed by atoms with van der Waals surface area (Å²) in [6.07, 6.45) is 2.76. The number of hydrogen-bond acceptors (Lipinski definition) is 5. The molecule has 6 heteroatoms. The lowest BCUT2D eigenvalue weighted by atomic mass is 9.96. The number of aromatic nitrogens is 1. The predicted molar refractivity (Wildman–Crippen MR) is 93.6 cm³/mol. The van der Waals surface area contributed by atoms with Gasteiger partial charge in [0, 0.05) is 41.9 Å². The van der Waals surface area contributed by atoms with Crippen molar-refractivity contribution in [3.05, 3.63) is 38.5 Å². The number of piperidine rings is 1. The molecule has 2 aromatic rings. The van der Waals surface area contributed by atoms with Crippen LogP contribution in [0.2, 0.25) is 0 Å². The molecular weight excluding hydrogens is 326 g/mol. The second-order valence-electron chi connectivity index (χ2n) is 6.39.